The Kier molecular flexibility index (Phi) is 5.94. The maximum atomic E-state index is 11.7. The minimum absolute atomic E-state index is 0.0478. The first-order chi connectivity index (χ1) is 11.3. The van der Waals surface area contributed by atoms with Crippen LogP contribution in [0.3, 0.4) is 0 Å². The number of nitrogens with one attached hydrogen (secondary N) is 1. The SMILES string of the molecule is Cc1cccc(OCC(=O)NCCc2ccc(S(N)(=O)=O)cc2)c1. The number of amides is 1. The van der Waals surface area contributed by atoms with Crippen molar-refractivity contribution >= 4 is 15.9 Å². The number of primary sulfonamides is 1. The lowest BCUT2D eigenvalue weighted by Crippen LogP contribution is -2.30. The Morgan fingerprint density at radius 2 is 1.88 bits per heavy atom. The van der Waals surface area contributed by atoms with Gasteiger partial charge in [-0.15, -0.1) is 0 Å². The first-order valence-electron chi connectivity index (χ1n) is 7.42. The molecule has 0 saturated carbocycles. The Morgan fingerprint density at radius 1 is 1.17 bits per heavy atom. The van der Waals surface area contributed by atoms with E-state index in [4.69, 9.17) is 9.88 Å². The fourth-order valence-corrected chi connectivity index (χ4v) is 2.61. The van der Waals surface area contributed by atoms with E-state index >= 15 is 0 Å². The van der Waals surface area contributed by atoms with Crippen LogP contribution in [0, 0.1) is 6.92 Å². The average Bonchev–Trinajstić information content (AvgIpc) is 2.53. The van der Waals surface area contributed by atoms with Crippen molar-refractivity contribution in [3.63, 3.8) is 0 Å². The molecule has 0 aliphatic heterocycles. The molecule has 0 unspecified atom stereocenters. The molecule has 7 heteroatoms. The van der Waals surface area contributed by atoms with Gasteiger partial charge >= 0.3 is 0 Å². The van der Waals surface area contributed by atoms with Gasteiger partial charge in [0.15, 0.2) is 6.61 Å². The van der Waals surface area contributed by atoms with Gasteiger partial charge in [0, 0.05) is 6.54 Å². The normalized spacial score (nSPS) is 11.1. The maximum absolute atomic E-state index is 11.7. The molecule has 2 aromatic rings. The highest BCUT2D eigenvalue weighted by Gasteiger charge is 2.07. The van der Waals surface area contributed by atoms with Crippen LogP contribution < -0.4 is 15.2 Å². The number of benzene rings is 2. The van der Waals surface area contributed by atoms with Crippen LogP contribution in [-0.2, 0) is 21.2 Å². The maximum Gasteiger partial charge on any atom is 0.257 e. The average molecular weight is 348 g/mol. The van der Waals surface area contributed by atoms with Gasteiger partial charge in [0.1, 0.15) is 5.75 Å². The Bertz CT molecular complexity index is 802. The van der Waals surface area contributed by atoms with E-state index in [1.54, 1.807) is 18.2 Å². The molecule has 0 heterocycles. The lowest BCUT2D eigenvalue weighted by atomic mass is 10.1. The highest BCUT2D eigenvalue weighted by Crippen LogP contribution is 2.12. The van der Waals surface area contributed by atoms with Crippen molar-refractivity contribution in [3.8, 4) is 5.75 Å². The van der Waals surface area contributed by atoms with Crippen LogP contribution in [0.1, 0.15) is 11.1 Å². The molecule has 0 spiro atoms. The molecule has 6 nitrogen and oxygen atoms in total. The van der Waals surface area contributed by atoms with E-state index in [1.165, 1.54) is 12.1 Å². The van der Waals surface area contributed by atoms with Crippen LogP contribution in [0.4, 0.5) is 0 Å². The van der Waals surface area contributed by atoms with Crippen molar-refractivity contribution < 1.29 is 17.9 Å². The van der Waals surface area contributed by atoms with E-state index in [-0.39, 0.29) is 17.4 Å². The summed E-state index contributed by atoms with van der Waals surface area (Å²) in [5.74, 6) is 0.446. The van der Waals surface area contributed by atoms with Crippen molar-refractivity contribution in [3.05, 3.63) is 59.7 Å². The van der Waals surface area contributed by atoms with Gasteiger partial charge in [0.2, 0.25) is 10.0 Å². The number of aryl methyl sites for hydroxylation is 1. The molecule has 0 saturated heterocycles. The Morgan fingerprint density at radius 3 is 2.50 bits per heavy atom. The quantitative estimate of drug-likeness (QED) is 0.790. The summed E-state index contributed by atoms with van der Waals surface area (Å²) < 4.78 is 27.7. The van der Waals surface area contributed by atoms with Crippen molar-refractivity contribution in [2.45, 2.75) is 18.2 Å². The summed E-state index contributed by atoms with van der Waals surface area (Å²) in [5, 5.41) is 7.79. The van der Waals surface area contributed by atoms with Gasteiger partial charge in [-0.3, -0.25) is 4.79 Å². The number of ether oxygens (including phenoxy) is 1. The molecule has 0 radical (unpaired) electrons. The van der Waals surface area contributed by atoms with Gasteiger partial charge < -0.3 is 10.1 Å². The third kappa shape index (κ3) is 5.68. The molecular weight excluding hydrogens is 328 g/mol. The molecule has 0 atom stereocenters. The molecule has 3 N–H and O–H groups in total. The van der Waals surface area contributed by atoms with Gasteiger partial charge in [-0.1, -0.05) is 24.3 Å². The fourth-order valence-electron chi connectivity index (χ4n) is 2.10. The highest BCUT2D eigenvalue weighted by molar-refractivity contribution is 7.89. The summed E-state index contributed by atoms with van der Waals surface area (Å²) in [6.07, 6.45) is 0.584. The lowest BCUT2D eigenvalue weighted by Gasteiger charge is -2.08. The molecule has 0 bridgehead atoms. The minimum atomic E-state index is -3.68. The second-order valence-electron chi connectivity index (χ2n) is 5.39. The third-order valence-corrected chi connectivity index (χ3v) is 4.28. The molecule has 0 aliphatic carbocycles. The van der Waals surface area contributed by atoms with Gasteiger partial charge in [0.05, 0.1) is 4.90 Å². The summed E-state index contributed by atoms with van der Waals surface area (Å²) in [4.78, 5) is 11.8. The first-order valence-corrected chi connectivity index (χ1v) is 8.97. The zero-order valence-electron chi connectivity index (χ0n) is 13.4. The summed E-state index contributed by atoms with van der Waals surface area (Å²) >= 11 is 0. The number of carbonyl (C=O) groups excluding carboxylic acids is 1. The fraction of sp³-hybridized carbons (Fsp3) is 0.235. The number of hydrogen-bond acceptors (Lipinski definition) is 4. The topological polar surface area (TPSA) is 98.5 Å². The van der Waals surface area contributed by atoms with E-state index in [0.717, 1.165) is 11.1 Å². The smallest absolute Gasteiger partial charge is 0.257 e. The molecule has 128 valence electrons. The molecule has 0 aliphatic rings. The summed E-state index contributed by atoms with van der Waals surface area (Å²) in [6.45, 7) is 2.34. The number of nitrogens with two attached hydrogens (primary N) is 1. The Labute approximate surface area is 141 Å². The zero-order chi connectivity index (χ0) is 17.6. The van der Waals surface area contributed by atoms with Crippen LogP contribution >= 0.6 is 0 Å². The van der Waals surface area contributed by atoms with Crippen molar-refractivity contribution in [1.29, 1.82) is 0 Å². The Hall–Kier alpha value is -2.38. The number of carbonyl (C=O) groups is 1. The molecule has 1 amide bonds. The van der Waals surface area contributed by atoms with E-state index < -0.39 is 10.0 Å². The van der Waals surface area contributed by atoms with Gasteiger partial charge in [0.25, 0.3) is 5.91 Å². The molecule has 24 heavy (non-hydrogen) atoms. The Balaban J connectivity index is 1.74. The highest BCUT2D eigenvalue weighted by atomic mass is 32.2. The predicted octanol–water partition coefficient (Wildman–Crippen LogP) is 1.38. The van der Waals surface area contributed by atoms with Crippen LogP contribution in [-0.4, -0.2) is 27.5 Å². The van der Waals surface area contributed by atoms with Gasteiger partial charge in [-0.05, 0) is 48.7 Å². The second kappa shape index (κ2) is 7.94. The summed E-state index contributed by atoms with van der Waals surface area (Å²) in [5.41, 5.74) is 1.97. The molecule has 0 aromatic heterocycles. The number of hydrogen-bond donors (Lipinski definition) is 2. The minimum Gasteiger partial charge on any atom is -0.484 e. The molecular formula is C17H20N2O4S. The second-order valence-corrected chi connectivity index (χ2v) is 6.96. The summed E-state index contributed by atoms with van der Waals surface area (Å²) in [6, 6.07) is 13.7. The van der Waals surface area contributed by atoms with Crippen molar-refractivity contribution in [1.82, 2.24) is 5.32 Å². The summed E-state index contributed by atoms with van der Waals surface area (Å²) in [7, 11) is -3.68. The van der Waals surface area contributed by atoms with Gasteiger partial charge in [-0.2, -0.15) is 0 Å². The van der Waals surface area contributed by atoms with Gasteiger partial charge in [-0.25, -0.2) is 13.6 Å². The van der Waals surface area contributed by atoms with Crippen LogP contribution in [0.15, 0.2) is 53.4 Å². The van der Waals surface area contributed by atoms with E-state index in [9.17, 15) is 13.2 Å². The first kappa shape index (κ1) is 18.0. The van der Waals surface area contributed by atoms with Crippen molar-refractivity contribution in [2.75, 3.05) is 13.2 Å². The van der Waals surface area contributed by atoms with Crippen LogP contribution in [0.2, 0.25) is 0 Å². The third-order valence-electron chi connectivity index (χ3n) is 3.35. The van der Waals surface area contributed by atoms with Crippen LogP contribution in [0.5, 0.6) is 5.75 Å². The lowest BCUT2D eigenvalue weighted by molar-refractivity contribution is -0.123. The number of sulfonamides is 1. The molecule has 2 aromatic carbocycles. The molecule has 2 rings (SSSR count). The van der Waals surface area contributed by atoms with Crippen molar-refractivity contribution in [2.24, 2.45) is 5.14 Å². The van der Waals surface area contributed by atoms with E-state index in [2.05, 4.69) is 5.32 Å². The van der Waals surface area contributed by atoms with E-state index in [0.29, 0.717) is 18.7 Å². The standard InChI is InChI=1S/C17H20N2O4S/c1-13-3-2-4-15(11-13)23-12-17(20)19-10-9-14-5-7-16(8-6-14)24(18,21)22/h2-8,11H,9-10,12H2,1H3,(H,19,20)(H2,18,21,22). The monoisotopic (exact) mass is 348 g/mol. The predicted molar refractivity (Wildman–Crippen MR) is 91.2 cm³/mol. The largest absolute Gasteiger partial charge is 0.484 e. The zero-order valence-corrected chi connectivity index (χ0v) is 14.2. The number of rotatable bonds is 7. The van der Waals surface area contributed by atoms with Crippen LogP contribution in [0.25, 0.3) is 0 Å². The molecule has 0 fully saturated rings. The van der Waals surface area contributed by atoms with E-state index in [1.807, 2.05) is 25.1 Å².